The maximum Gasteiger partial charge on any atom is 0.291 e. The fraction of sp³-hybridized carbons (Fsp3) is 0. The zero-order valence-corrected chi connectivity index (χ0v) is 15.4. The van der Waals surface area contributed by atoms with Gasteiger partial charge in [0.2, 0.25) is 4.96 Å². The summed E-state index contributed by atoms with van der Waals surface area (Å²) in [5.41, 5.74) is 1.89. The van der Waals surface area contributed by atoms with E-state index in [4.69, 9.17) is 0 Å². The number of rotatable bonds is 3. The third-order valence-corrected chi connectivity index (χ3v) is 5.08. The lowest BCUT2D eigenvalue weighted by atomic mass is 10.2. The predicted molar refractivity (Wildman–Crippen MR) is 105 cm³/mol. The topological polar surface area (TPSA) is 47.3 Å². The minimum atomic E-state index is -0.144. The van der Waals surface area contributed by atoms with E-state index in [1.54, 1.807) is 0 Å². The lowest BCUT2D eigenvalue weighted by molar-refractivity contribution is 0.925. The SMILES string of the molecule is O=c1c(=Cc2ccc(Br)cc2)sc2nc(C=Cc3ccccc3)nn12. The molecule has 0 aliphatic carbocycles. The molecule has 122 valence electrons. The van der Waals surface area contributed by atoms with Crippen LogP contribution in [0.1, 0.15) is 17.0 Å². The smallest absolute Gasteiger partial charge is 0.266 e. The van der Waals surface area contributed by atoms with E-state index in [1.807, 2.05) is 72.8 Å². The van der Waals surface area contributed by atoms with E-state index in [-0.39, 0.29) is 5.56 Å². The molecular formula is C19H12BrN3OS. The van der Waals surface area contributed by atoms with Crippen molar-refractivity contribution in [1.82, 2.24) is 14.6 Å². The van der Waals surface area contributed by atoms with E-state index >= 15 is 0 Å². The number of benzene rings is 2. The van der Waals surface area contributed by atoms with Gasteiger partial charge in [-0.2, -0.15) is 9.50 Å². The van der Waals surface area contributed by atoms with Crippen molar-refractivity contribution in [3.8, 4) is 0 Å². The van der Waals surface area contributed by atoms with E-state index in [0.717, 1.165) is 15.6 Å². The van der Waals surface area contributed by atoms with Crippen molar-refractivity contribution >= 4 is 50.5 Å². The Morgan fingerprint density at radius 1 is 0.960 bits per heavy atom. The van der Waals surface area contributed by atoms with E-state index in [0.29, 0.717) is 15.3 Å². The molecule has 0 spiro atoms. The van der Waals surface area contributed by atoms with Crippen LogP contribution in [0.25, 0.3) is 23.2 Å². The number of fused-ring (bicyclic) bond motifs is 1. The molecule has 4 aromatic rings. The van der Waals surface area contributed by atoms with Gasteiger partial charge in [-0.1, -0.05) is 75.8 Å². The third kappa shape index (κ3) is 3.45. The van der Waals surface area contributed by atoms with Gasteiger partial charge in [0.25, 0.3) is 5.56 Å². The van der Waals surface area contributed by atoms with Gasteiger partial charge in [0.1, 0.15) is 0 Å². The molecule has 25 heavy (non-hydrogen) atoms. The Balaban J connectivity index is 1.68. The molecule has 0 unspecified atom stereocenters. The first kappa shape index (κ1) is 15.9. The average molecular weight is 410 g/mol. The maximum atomic E-state index is 12.5. The number of hydrogen-bond donors (Lipinski definition) is 0. The van der Waals surface area contributed by atoms with Gasteiger partial charge in [-0.3, -0.25) is 4.79 Å². The highest BCUT2D eigenvalue weighted by Crippen LogP contribution is 2.11. The minimum absolute atomic E-state index is 0.144. The van der Waals surface area contributed by atoms with Crippen LogP contribution < -0.4 is 10.1 Å². The Labute approximate surface area is 155 Å². The minimum Gasteiger partial charge on any atom is -0.266 e. The van der Waals surface area contributed by atoms with Gasteiger partial charge in [-0.15, -0.1) is 5.10 Å². The van der Waals surface area contributed by atoms with Crippen molar-refractivity contribution in [2.45, 2.75) is 0 Å². The summed E-state index contributed by atoms with van der Waals surface area (Å²) in [5.74, 6) is 0.530. The van der Waals surface area contributed by atoms with Crippen molar-refractivity contribution in [1.29, 1.82) is 0 Å². The molecule has 2 aromatic carbocycles. The second-order valence-electron chi connectivity index (χ2n) is 5.38. The number of aromatic nitrogens is 3. The first-order valence-electron chi connectivity index (χ1n) is 7.59. The summed E-state index contributed by atoms with van der Waals surface area (Å²) in [6, 6.07) is 17.7. The fourth-order valence-corrected chi connectivity index (χ4v) is 3.54. The van der Waals surface area contributed by atoms with E-state index < -0.39 is 0 Å². The molecule has 0 radical (unpaired) electrons. The van der Waals surface area contributed by atoms with Crippen LogP contribution in [0, 0.1) is 0 Å². The molecule has 0 aliphatic rings. The molecule has 0 amide bonds. The Morgan fingerprint density at radius 2 is 1.72 bits per heavy atom. The first-order valence-corrected chi connectivity index (χ1v) is 9.20. The van der Waals surface area contributed by atoms with Gasteiger partial charge in [-0.25, -0.2) is 0 Å². The van der Waals surface area contributed by atoms with E-state index in [2.05, 4.69) is 26.0 Å². The van der Waals surface area contributed by atoms with Crippen molar-refractivity contribution in [2.24, 2.45) is 0 Å². The molecule has 0 saturated carbocycles. The second kappa shape index (κ2) is 6.74. The van der Waals surface area contributed by atoms with Gasteiger partial charge in [0.15, 0.2) is 5.82 Å². The monoisotopic (exact) mass is 409 g/mol. The van der Waals surface area contributed by atoms with Crippen LogP contribution in [0.15, 0.2) is 63.9 Å². The van der Waals surface area contributed by atoms with Gasteiger partial charge in [0.05, 0.1) is 4.53 Å². The van der Waals surface area contributed by atoms with Gasteiger partial charge in [0, 0.05) is 4.47 Å². The summed E-state index contributed by atoms with van der Waals surface area (Å²) >= 11 is 4.74. The second-order valence-corrected chi connectivity index (χ2v) is 7.30. The van der Waals surface area contributed by atoms with Crippen molar-refractivity contribution in [3.63, 3.8) is 0 Å². The lowest BCUT2D eigenvalue weighted by Gasteiger charge is -1.91. The van der Waals surface area contributed by atoms with Crippen LogP contribution in [0.5, 0.6) is 0 Å². The Hall–Kier alpha value is -2.57. The van der Waals surface area contributed by atoms with Gasteiger partial charge in [-0.05, 0) is 35.4 Å². The molecular weight excluding hydrogens is 398 g/mol. The Kier molecular flexibility index (Phi) is 4.29. The molecule has 0 aliphatic heterocycles. The highest BCUT2D eigenvalue weighted by Gasteiger charge is 2.08. The summed E-state index contributed by atoms with van der Waals surface area (Å²) in [7, 11) is 0. The largest absolute Gasteiger partial charge is 0.291 e. The third-order valence-electron chi connectivity index (χ3n) is 3.59. The highest BCUT2D eigenvalue weighted by molar-refractivity contribution is 9.10. The predicted octanol–water partition coefficient (Wildman–Crippen LogP) is 3.63. The van der Waals surface area contributed by atoms with Crippen molar-refractivity contribution < 1.29 is 0 Å². The molecule has 6 heteroatoms. The zero-order chi connectivity index (χ0) is 17.2. The lowest BCUT2D eigenvalue weighted by Crippen LogP contribution is -2.23. The van der Waals surface area contributed by atoms with E-state index in [9.17, 15) is 4.79 Å². The van der Waals surface area contributed by atoms with Crippen LogP contribution in [-0.4, -0.2) is 14.6 Å². The number of nitrogens with zero attached hydrogens (tertiary/aromatic N) is 3. The van der Waals surface area contributed by atoms with Gasteiger partial charge < -0.3 is 0 Å². The number of halogens is 1. The summed E-state index contributed by atoms with van der Waals surface area (Å²) in [6.07, 6.45) is 5.60. The summed E-state index contributed by atoms with van der Waals surface area (Å²) in [4.78, 5) is 17.5. The first-order chi connectivity index (χ1) is 12.2. The summed E-state index contributed by atoms with van der Waals surface area (Å²) in [5, 5.41) is 4.29. The molecule has 0 atom stereocenters. The molecule has 0 fully saturated rings. The molecule has 4 nitrogen and oxygen atoms in total. The van der Waals surface area contributed by atoms with Crippen LogP contribution >= 0.6 is 27.3 Å². The van der Waals surface area contributed by atoms with Crippen molar-refractivity contribution in [3.05, 3.63) is 90.9 Å². The molecule has 0 bridgehead atoms. The zero-order valence-electron chi connectivity index (χ0n) is 13.0. The number of hydrogen-bond acceptors (Lipinski definition) is 4. The standard InChI is InChI=1S/C19H12BrN3OS/c20-15-9-6-14(7-10-15)12-16-18(24)23-19(25-16)21-17(22-23)11-8-13-4-2-1-3-5-13/h1-12H. The molecule has 0 N–H and O–H groups in total. The highest BCUT2D eigenvalue weighted by atomic mass is 79.9. The molecule has 4 rings (SSSR count). The van der Waals surface area contributed by atoms with Crippen LogP contribution in [0.4, 0.5) is 0 Å². The Bertz CT molecular complexity index is 1160. The van der Waals surface area contributed by atoms with Crippen LogP contribution in [0.3, 0.4) is 0 Å². The fourth-order valence-electron chi connectivity index (χ4n) is 2.36. The molecule has 2 aromatic heterocycles. The Morgan fingerprint density at radius 3 is 2.44 bits per heavy atom. The number of thiazole rings is 1. The maximum absolute atomic E-state index is 12.5. The van der Waals surface area contributed by atoms with Crippen LogP contribution in [-0.2, 0) is 0 Å². The summed E-state index contributed by atoms with van der Waals surface area (Å²) < 4.78 is 2.99. The van der Waals surface area contributed by atoms with E-state index in [1.165, 1.54) is 15.9 Å². The average Bonchev–Trinajstić information content (AvgIpc) is 3.15. The van der Waals surface area contributed by atoms with Gasteiger partial charge >= 0.3 is 0 Å². The normalized spacial score (nSPS) is 12.4. The quantitative estimate of drug-likeness (QED) is 0.518. The summed E-state index contributed by atoms with van der Waals surface area (Å²) in [6.45, 7) is 0. The van der Waals surface area contributed by atoms with Crippen molar-refractivity contribution in [2.75, 3.05) is 0 Å². The molecule has 2 heterocycles. The molecule has 0 saturated heterocycles. The van der Waals surface area contributed by atoms with Crippen LogP contribution in [0.2, 0.25) is 0 Å².